The van der Waals surface area contributed by atoms with E-state index >= 15 is 0 Å². The summed E-state index contributed by atoms with van der Waals surface area (Å²) < 4.78 is 6.24. The van der Waals surface area contributed by atoms with E-state index in [9.17, 15) is 4.79 Å². The highest BCUT2D eigenvalue weighted by molar-refractivity contribution is 5.75. The number of amides is 1. The van der Waals surface area contributed by atoms with Gasteiger partial charge in [0.25, 0.3) is 0 Å². The van der Waals surface area contributed by atoms with E-state index in [1.807, 2.05) is 31.3 Å². The maximum absolute atomic E-state index is 12.4. The molecule has 0 radical (unpaired) electrons. The second-order valence-electron chi connectivity index (χ2n) is 8.93. The van der Waals surface area contributed by atoms with Crippen LogP contribution >= 0.6 is 0 Å². The van der Waals surface area contributed by atoms with Gasteiger partial charge in [0.1, 0.15) is 5.75 Å². The summed E-state index contributed by atoms with van der Waals surface area (Å²) in [5, 5.41) is 0. The van der Waals surface area contributed by atoms with E-state index in [1.165, 1.54) is 32.1 Å². The zero-order valence-corrected chi connectivity index (χ0v) is 20.3. The Morgan fingerprint density at radius 1 is 1.00 bits per heavy atom. The van der Waals surface area contributed by atoms with Crippen LogP contribution in [0, 0.1) is 0 Å². The zero-order valence-electron chi connectivity index (χ0n) is 20.3. The molecular formula is C26H47N3O2. The predicted octanol–water partition coefficient (Wildman–Crippen LogP) is 5.40. The van der Waals surface area contributed by atoms with Gasteiger partial charge in [-0.25, -0.2) is 0 Å². The first-order chi connectivity index (χ1) is 15.0. The summed E-state index contributed by atoms with van der Waals surface area (Å²) in [6, 6.07) is 8.29. The lowest BCUT2D eigenvalue weighted by atomic mass is 10.0. The van der Waals surface area contributed by atoms with Gasteiger partial charge in [0, 0.05) is 31.6 Å². The van der Waals surface area contributed by atoms with E-state index in [1.54, 1.807) is 4.90 Å². The van der Waals surface area contributed by atoms with Gasteiger partial charge in [0.2, 0.25) is 5.91 Å². The number of carbonyl (C=O) groups excluding carboxylic acids is 1. The lowest BCUT2D eigenvalue weighted by Crippen LogP contribution is -2.27. The Morgan fingerprint density at radius 2 is 1.71 bits per heavy atom. The van der Waals surface area contributed by atoms with Gasteiger partial charge in [-0.3, -0.25) is 4.79 Å². The van der Waals surface area contributed by atoms with Gasteiger partial charge in [-0.05, 0) is 51.6 Å². The van der Waals surface area contributed by atoms with Crippen molar-refractivity contribution in [2.24, 2.45) is 11.5 Å². The number of hydrogen-bond acceptors (Lipinski definition) is 4. The third-order valence-corrected chi connectivity index (χ3v) is 5.85. The number of para-hydroxylation sites is 1. The minimum absolute atomic E-state index is 0.101. The Labute approximate surface area is 190 Å². The lowest BCUT2D eigenvalue weighted by molar-refractivity contribution is -0.130. The first kappa shape index (κ1) is 27.4. The molecule has 0 spiro atoms. The molecule has 0 aliphatic carbocycles. The van der Waals surface area contributed by atoms with Crippen LogP contribution in [0.15, 0.2) is 24.3 Å². The number of rotatable bonds is 18. The molecule has 2 atom stereocenters. The molecule has 1 aromatic carbocycles. The van der Waals surface area contributed by atoms with Crippen LogP contribution in [-0.4, -0.2) is 36.5 Å². The molecule has 0 fully saturated rings. The van der Waals surface area contributed by atoms with Crippen molar-refractivity contribution in [2.75, 3.05) is 13.6 Å². The third-order valence-electron chi connectivity index (χ3n) is 5.85. The number of benzene rings is 1. The van der Waals surface area contributed by atoms with E-state index in [0.29, 0.717) is 19.5 Å². The minimum atomic E-state index is 0.101. The van der Waals surface area contributed by atoms with Crippen molar-refractivity contribution in [3.63, 3.8) is 0 Å². The molecule has 0 aromatic heterocycles. The Hall–Kier alpha value is -1.59. The number of nitrogens with zero attached hydrogens (tertiary/aromatic N) is 1. The molecule has 5 nitrogen and oxygen atoms in total. The smallest absolute Gasteiger partial charge is 0.222 e. The molecule has 0 aliphatic heterocycles. The first-order valence-corrected chi connectivity index (χ1v) is 12.4. The van der Waals surface area contributed by atoms with Crippen LogP contribution in [0.5, 0.6) is 5.75 Å². The van der Waals surface area contributed by atoms with Gasteiger partial charge < -0.3 is 21.1 Å². The number of nitrogens with two attached hydrogens (primary N) is 2. The average molecular weight is 434 g/mol. The highest BCUT2D eigenvalue weighted by Crippen LogP contribution is 2.23. The standard InChI is InChI=1S/C26H47N3O2/c1-4-5-6-7-9-15-24(28)19-18-22(2)31-25-16-12-11-14-23(25)21-29(3)26(30)17-10-8-13-20-27/h11-12,14,16,22,24H,4-10,13,15,17-21,27-28H2,1-3H3. The van der Waals surface area contributed by atoms with E-state index in [2.05, 4.69) is 13.8 Å². The molecule has 1 aromatic rings. The van der Waals surface area contributed by atoms with Crippen LogP contribution in [0.4, 0.5) is 0 Å². The largest absolute Gasteiger partial charge is 0.490 e. The van der Waals surface area contributed by atoms with E-state index in [-0.39, 0.29) is 18.1 Å². The predicted molar refractivity (Wildman–Crippen MR) is 131 cm³/mol. The van der Waals surface area contributed by atoms with Crippen molar-refractivity contribution in [2.45, 2.75) is 110 Å². The van der Waals surface area contributed by atoms with Crippen LogP contribution < -0.4 is 16.2 Å². The summed E-state index contributed by atoms with van der Waals surface area (Å²) in [5.41, 5.74) is 12.9. The van der Waals surface area contributed by atoms with Crippen molar-refractivity contribution in [1.29, 1.82) is 0 Å². The Kier molecular flexibility index (Phi) is 15.1. The summed E-state index contributed by atoms with van der Waals surface area (Å²) in [6.45, 7) is 5.61. The third kappa shape index (κ3) is 12.8. The van der Waals surface area contributed by atoms with Crippen LogP contribution in [0.3, 0.4) is 0 Å². The molecule has 1 rings (SSSR count). The topological polar surface area (TPSA) is 81.6 Å². The molecule has 1 amide bonds. The molecule has 0 aliphatic rings. The second kappa shape index (κ2) is 17.0. The monoisotopic (exact) mass is 433 g/mol. The minimum Gasteiger partial charge on any atom is -0.490 e. The lowest BCUT2D eigenvalue weighted by Gasteiger charge is -2.22. The number of ether oxygens (including phenoxy) is 1. The number of unbranched alkanes of at least 4 members (excludes halogenated alkanes) is 6. The molecular weight excluding hydrogens is 386 g/mol. The highest BCUT2D eigenvalue weighted by atomic mass is 16.5. The number of carbonyl (C=O) groups is 1. The van der Waals surface area contributed by atoms with E-state index in [0.717, 1.165) is 49.8 Å². The maximum Gasteiger partial charge on any atom is 0.222 e. The van der Waals surface area contributed by atoms with Crippen LogP contribution in [0.1, 0.15) is 96.5 Å². The van der Waals surface area contributed by atoms with E-state index < -0.39 is 0 Å². The fourth-order valence-corrected chi connectivity index (χ4v) is 3.76. The molecule has 0 heterocycles. The average Bonchev–Trinajstić information content (AvgIpc) is 2.76. The van der Waals surface area contributed by atoms with Crippen molar-refractivity contribution in [3.8, 4) is 5.75 Å². The Morgan fingerprint density at radius 3 is 2.45 bits per heavy atom. The molecule has 0 saturated heterocycles. The van der Waals surface area contributed by atoms with Crippen molar-refractivity contribution < 1.29 is 9.53 Å². The normalized spacial score (nSPS) is 13.1. The van der Waals surface area contributed by atoms with Gasteiger partial charge in [0.05, 0.1) is 6.10 Å². The molecule has 2 unspecified atom stereocenters. The van der Waals surface area contributed by atoms with Crippen LogP contribution in [0.2, 0.25) is 0 Å². The van der Waals surface area contributed by atoms with Crippen molar-refractivity contribution >= 4 is 5.91 Å². The molecule has 0 bridgehead atoms. The fraction of sp³-hybridized carbons (Fsp3) is 0.731. The highest BCUT2D eigenvalue weighted by Gasteiger charge is 2.14. The quantitative estimate of drug-likeness (QED) is 0.304. The zero-order chi connectivity index (χ0) is 22.9. The second-order valence-corrected chi connectivity index (χ2v) is 8.93. The Bertz CT molecular complexity index is 594. The molecule has 4 N–H and O–H groups in total. The number of hydrogen-bond donors (Lipinski definition) is 2. The molecule has 31 heavy (non-hydrogen) atoms. The molecule has 5 heteroatoms. The summed E-state index contributed by atoms with van der Waals surface area (Å²) in [4.78, 5) is 14.2. The SMILES string of the molecule is CCCCCCCC(N)CCC(C)Oc1ccccc1CN(C)C(=O)CCCCCN. The van der Waals surface area contributed by atoms with Crippen molar-refractivity contribution in [1.82, 2.24) is 4.90 Å². The maximum atomic E-state index is 12.4. The summed E-state index contributed by atoms with van der Waals surface area (Å²) in [7, 11) is 1.87. The first-order valence-electron chi connectivity index (χ1n) is 12.4. The van der Waals surface area contributed by atoms with Gasteiger partial charge in [-0.2, -0.15) is 0 Å². The fourth-order valence-electron chi connectivity index (χ4n) is 3.76. The van der Waals surface area contributed by atoms with Crippen molar-refractivity contribution in [3.05, 3.63) is 29.8 Å². The summed E-state index contributed by atoms with van der Waals surface area (Å²) in [5.74, 6) is 1.04. The molecule has 178 valence electrons. The van der Waals surface area contributed by atoms with Gasteiger partial charge in [-0.15, -0.1) is 0 Å². The summed E-state index contributed by atoms with van der Waals surface area (Å²) >= 11 is 0. The summed E-state index contributed by atoms with van der Waals surface area (Å²) in [6.07, 6.45) is 13.0. The van der Waals surface area contributed by atoms with Crippen LogP contribution in [0.25, 0.3) is 0 Å². The van der Waals surface area contributed by atoms with Gasteiger partial charge >= 0.3 is 0 Å². The van der Waals surface area contributed by atoms with Crippen LogP contribution in [-0.2, 0) is 11.3 Å². The molecule has 0 saturated carbocycles. The van der Waals surface area contributed by atoms with E-state index in [4.69, 9.17) is 16.2 Å². The Balaban J connectivity index is 2.42. The van der Waals surface area contributed by atoms with Gasteiger partial charge in [-0.1, -0.05) is 63.6 Å². The van der Waals surface area contributed by atoms with Gasteiger partial charge in [0.15, 0.2) is 0 Å².